The second-order valence-corrected chi connectivity index (χ2v) is 4.62. The Kier molecular flexibility index (Phi) is 2.83. The molecule has 2 aliphatic rings. The van der Waals surface area contributed by atoms with Crippen LogP contribution in [0.5, 0.6) is 5.75 Å². The van der Waals surface area contributed by atoms with Gasteiger partial charge < -0.3 is 14.8 Å². The quantitative estimate of drug-likeness (QED) is 0.866. The minimum Gasteiger partial charge on any atom is -0.497 e. The molecule has 2 heterocycles. The van der Waals surface area contributed by atoms with E-state index >= 15 is 0 Å². The molecule has 2 unspecified atom stereocenters. The van der Waals surface area contributed by atoms with Gasteiger partial charge in [0.15, 0.2) is 0 Å². The van der Waals surface area contributed by atoms with Gasteiger partial charge in [0.05, 0.1) is 13.2 Å². The van der Waals surface area contributed by atoms with Crippen molar-refractivity contribution < 1.29 is 14.3 Å². The fourth-order valence-corrected chi connectivity index (χ4v) is 2.51. The zero-order valence-electron chi connectivity index (χ0n) is 10.3. The second kappa shape index (κ2) is 4.49. The maximum atomic E-state index is 11.8. The molecule has 0 saturated carbocycles. The van der Waals surface area contributed by atoms with Crippen LogP contribution in [0.3, 0.4) is 0 Å². The van der Waals surface area contributed by atoms with Gasteiger partial charge in [-0.3, -0.25) is 4.90 Å². The van der Waals surface area contributed by atoms with Crippen LogP contribution >= 0.6 is 0 Å². The van der Waals surface area contributed by atoms with E-state index in [1.54, 1.807) is 12.0 Å². The lowest BCUT2D eigenvalue weighted by molar-refractivity contribution is 0.133. The zero-order chi connectivity index (χ0) is 12.5. The lowest BCUT2D eigenvalue weighted by Gasteiger charge is -2.19. The van der Waals surface area contributed by atoms with Crippen molar-refractivity contribution in [2.24, 2.45) is 0 Å². The summed E-state index contributed by atoms with van der Waals surface area (Å²) in [6, 6.07) is 7.92. The van der Waals surface area contributed by atoms with Gasteiger partial charge in [0.1, 0.15) is 11.9 Å². The molecular formula is C13H16N2O3. The maximum Gasteiger partial charge on any atom is 0.410 e. The summed E-state index contributed by atoms with van der Waals surface area (Å²) in [5.41, 5.74) is 1.08. The molecule has 2 atom stereocenters. The highest BCUT2D eigenvalue weighted by molar-refractivity contribution is 5.71. The van der Waals surface area contributed by atoms with Crippen LogP contribution in [-0.2, 0) is 11.3 Å². The smallest absolute Gasteiger partial charge is 0.410 e. The van der Waals surface area contributed by atoms with Crippen molar-refractivity contribution >= 4 is 6.09 Å². The number of rotatable bonds is 3. The molecule has 5 heteroatoms. The van der Waals surface area contributed by atoms with Gasteiger partial charge in [0.25, 0.3) is 0 Å². The topological polar surface area (TPSA) is 50.8 Å². The fraction of sp³-hybridized carbons (Fsp3) is 0.462. The van der Waals surface area contributed by atoms with Gasteiger partial charge in [-0.1, -0.05) is 12.1 Å². The largest absolute Gasteiger partial charge is 0.497 e. The number of nitrogens with one attached hydrogen (secondary N) is 1. The highest BCUT2D eigenvalue weighted by Gasteiger charge is 2.44. The molecule has 1 N–H and O–H groups in total. The van der Waals surface area contributed by atoms with Crippen molar-refractivity contribution in [3.05, 3.63) is 29.8 Å². The minimum atomic E-state index is -0.206. The lowest BCUT2D eigenvalue weighted by atomic mass is 10.1. The second-order valence-electron chi connectivity index (χ2n) is 4.62. The van der Waals surface area contributed by atoms with Crippen LogP contribution < -0.4 is 10.1 Å². The summed E-state index contributed by atoms with van der Waals surface area (Å²) < 4.78 is 10.4. The normalized spacial score (nSPS) is 26.1. The van der Waals surface area contributed by atoms with E-state index in [1.807, 2.05) is 24.3 Å². The van der Waals surface area contributed by atoms with Crippen LogP contribution in [0.15, 0.2) is 24.3 Å². The predicted molar refractivity (Wildman–Crippen MR) is 65.5 cm³/mol. The number of carbonyl (C=O) groups is 1. The highest BCUT2D eigenvalue weighted by Crippen LogP contribution is 2.25. The fourth-order valence-electron chi connectivity index (χ4n) is 2.51. The first-order valence-corrected chi connectivity index (χ1v) is 6.09. The summed E-state index contributed by atoms with van der Waals surface area (Å²) in [5, 5.41) is 3.24. The van der Waals surface area contributed by atoms with Crippen LogP contribution in [0, 0.1) is 0 Å². The molecule has 2 fully saturated rings. The van der Waals surface area contributed by atoms with E-state index in [0.29, 0.717) is 6.54 Å². The number of ether oxygens (including phenoxy) is 2. The number of carbonyl (C=O) groups excluding carboxylic acids is 1. The monoisotopic (exact) mass is 248 g/mol. The maximum absolute atomic E-state index is 11.8. The molecule has 0 spiro atoms. The van der Waals surface area contributed by atoms with Gasteiger partial charge in [0.2, 0.25) is 0 Å². The van der Waals surface area contributed by atoms with Crippen molar-refractivity contribution in [2.45, 2.75) is 18.7 Å². The average Bonchev–Trinajstić information content (AvgIpc) is 2.94. The van der Waals surface area contributed by atoms with E-state index in [2.05, 4.69) is 5.32 Å². The van der Waals surface area contributed by atoms with Gasteiger partial charge in [-0.05, 0) is 17.7 Å². The van der Waals surface area contributed by atoms with E-state index in [0.717, 1.165) is 24.4 Å². The Morgan fingerprint density at radius 1 is 1.39 bits per heavy atom. The third kappa shape index (κ3) is 1.90. The van der Waals surface area contributed by atoms with E-state index < -0.39 is 0 Å². The van der Waals surface area contributed by atoms with Crippen molar-refractivity contribution in [3.8, 4) is 5.75 Å². The van der Waals surface area contributed by atoms with Crippen LogP contribution in [0.1, 0.15) is 5.56 Å². The number of amides is 1. The van der Waals surface area contributed by atoms with Gasteiger partial charge in [-0.15, -0.1) is 0 Å². The number of benzene rings is 1. The zero-order valence-corrected chi connectivity index (χ0v) is 10.3. The molecule has 0 aromatic heterocycles. The van der Waals surface area contributed by atoms with Gasteiger partial charge in [0, 0.05) is 19.6 Å². The molecule has 1 aromatic rings. The third-order valence-electron chi connectivity index (χ3n) is 3.53. The first kappa shape index (κ1) is 11.3. The molecule has 0 aliphatic carbocycles. The molecule has 3 rings (SSSR count). The van der Waals surface area contributed by atoms with E-state index in [1.165, 1.54) is 0 Å². The predicted octanol–water partition coefficient (Wildman–Crippen LogP) is 0.988. The molecule has 1 aromatic carbocycles. The van der Waals surface area contributed by atoms with Crippen molar-refractivity contribution in [3.63, 3.8) is 0 Å². The number of hydrogen-bond acceptors (Lipinski definition) is 4. The first-order chi connectivity index (χ1) is 8.78. The molecule has 0 bridgehead atoms. The Morgan fingerprint density at radius 3 is 2.89 bits per heavy atom. The Bertz CT molecular complexity index is 446. The van der Waals surface area contributed by atoms with Crippen molar-refractivity contribution in [1.82, 2.24) is 10.2 Å². The van der Waals surface area contributed by atoms with Gasteiger partial charge in [-0.25, -0.2) is 4.79 Å². The minimum absolute atomic E-state index is 0.00995. The summed E-state index contributed by atoms with van der Waals surface area (Å²) in [4.78, 5) is 13.6. The van der Waals surface area contributed by atoms with Crippen molar-refractivity contribution in [2.75, 3.05) is 20.2 Å². The van der Waals surface area contributed by atoms with Crippen LogP contribution in [0.25, 0.3) is 0 Å². The van der Waals surface area contributed by atoms with Gasteiger partial charge in [-0.2, -0.15) is 0 Å². The Labute approximate surface area is 106 Å². The van der Waals surface area contributed by atoms with Crippen LogP contribution in [0.2, 0.25) is 0 Å². The molecule has 5 nitrogen and oxygen atoms in total. The van der Waals surface area contributed by atoms with Crippen LogP contribution in [0.4, 0.5) is 4.79 Å². The molecular weight excluding hydrogens is 232 g/mol. The summed E-state index contributed by atoms with van der Waals surface area (Å²) in [5.74, 6) is 0.822. The summed E-state index contributed by atoms with van der Waals surface area (Å²) in [6.07, 6.45) is -0.196. The number of methoxy groups -OCH3 is 1. The summed E-state index contributed by atoms with van der Waals surface area (Å²) >= 11 is 0. The third-order valence-corrected chi connectivity index (χ3v) is 3.53. The summed E-state index contributed by atoms with van der Waals surface area (Å²) in [7, 11) is 1.64. The SMILES string of the molecule is COc1ccc(CN2C(=O)OC3CNCC32)cc1. The molecule has 96 valence electrons. The number of hydrogen-bond donors (Lipinski definition) is 1. The van der Waals surface area contributed by atoms with E-state index in [-0.39, 0.29) is 18.2 Å². The molecule has 1 amide bonds. The van der Waals surface area contributed by atoms with Gasteiger partial charge >= 0.3 is 6.09 Å². The molecule has 0 radical (unpaired) electrons. The summed E-state index contributed by atoms with van der Waals surface area (Å²) in [6.45, 7) is 2.16. The number of nitrogens with zero attached hydrogens (tertiary/aromatic N) is 1. The van der Waals surface area contributed by atoms with E-state index in [4.69, 9.17) is 9.47 Å². The Balaban J connectivity index is 1.73. The molecule has 18 heavy (non-hydrogen) atoms. The van der Waals surface area contributed by atoms with Crippen LogP contribution in [-0.4, -0.2) is 43.3 Å². The Morgan fingerprint density at radius 2 is 2.17 bits per heavy atom. The van der Waals surface area contributed by atoms with E-state index in [9.17, 15) is 4.79 Å². The Hall–Kier alpha value is -1.75. The molecule has 2 saturated heterocycles. The molecule has 2 aliphatic heterocycles. The first-order valence-electron chi connectivity index (χ1n) is 6.09. The standard InChI is InChI=1S/C13H16N2O3/c1-17-10-4-2-9(3-5-10)8-15-11-6-14-7-12(11)18-13(15)16/h2-5,11-12,14H,6-8H2,1H3. The van der Waals surface area contributed by atoms with Crippen molar-refractivity contribution in [1.29, 1.82) is 0 Å². The number of fused-ring (bicyclic) bond motifs is 1. The highest BCUT2D eigenvalue weighted by atomic mass is 16.6. The lowest BCUT2D eigenvalue weighted by Crippen LogP contribution is -2.36. The average molecular weight is 248 g/mol.